The van der Waals surface area contributed by atoms with E-state index >= 15 is 0 Å². The molecule has 0 atom stereocenters. The zero-order valence-electron chi connectivity index (χ0n) is 15.7. The van der Waals surface area contributed by atoms with Crippen LogP contribution in [0.4, 0.5) is 15.8 Å². The quantitative estimate of drug-likeness (QED) is 0.545. The minimum absolute atomic E-state index is 0.0854. The predicted molar refractivity (Wildman–Crippen MR) is 109 cm³/mol. The molecule has 0 fully saturated rings. The first-order chi connectivity index (χ1) is 13.7. The number of hydrogen-bond donors (Lipinski definition) is 3. The highest BCUT2D eigenvalue weighted by atomic mass is 32.2. The lowest BCUT2D eigenvalue weighted by molar-refractivity contribution is 0.102. The van der Waals surface area contributed by atoms with E-state index < -0.39 is 21.7 Å². The fraction of sp³-hybridized carbons (Fsp3) is 0.0952. The summed E-state index contributed by atoms with van der Waals surface area (Å²) in [7, 11) is -3.99. The van der Waals surface area contributed by atoms with Crippen LogP contribution in [0, 0.1) is 19.7 Å². The molecule has 3 N–H and O–H groups in total. The minimum Gasteiger partial charge on any atom is -0.506 e. The molecule has 0 spiro atoms. The number of sulfonamides is 1. The van der Waals surface area contributed by atoms with Gasteiger partial charge in [-0.1, -0.05) is 12.1 Å². The van der Waals surface area contributed by atoms with Crippen LogP contribution in [0.1, 0.15) is 21.5 Å². The van der Waals surface area contributed by atoms with E-state index in [-0.39, 0.29) is 27.6 Å². The second kappa shape index (κ2) is 7.92. The monoisotopic (exact) mass is 414 g/mol. The number of carbonyl (C=O) groups is 1. The Morgan fingerprint density at radius 3 is 2.31 bits per heavy atom. The Hall–Kier alpha value is -3.39. The Bertz CT molecular complexity index is 1180. The van der Waals surface area contributed by atoms with Gasteiger partial charge in [0.05, 0.1) is 10.6 Å². The summed E-state index contributed by atoms with van der Waals surface area (Å²) in [6.45, 7) is 3.48. The van der Waals surface area contributed by atoms with Crippen LogP contribution >= 0.6 is 0 Å². The van der Waals surface area contributed by atoms with Gasteiger partial charge in [0, 0.05) is 11.3 Å². The van der Waals surface area contributed by atoms with Crippen molar-refractivity contribution in [1.82, 2.24) is 0 Å². The van der Waals surface area contributed by atoms with E-state index in [0.717, 1.165) is 17.7 Å². The van der Waals surface area contributed by atoms with Crippen molar-refractivity contribution < 1.29 is 22.7 Å². The maximum absolute atomic E-state index is 13.0. The van der Waals surface area contributed by atoms with Gasteiger partial charge in [-0.25, -0.2) is 12.8 Å². The molecule has 150 valence electrons. The number of amides is 1. The highest BCUT2D eigenvalue weighted by Gasteiger charge is 2.19. The van der Waals surface area contributed by atoms with Crippen molar-refractivity contribution in [2.75, 3.05) is 10.0 Å². The van der Waals surface area contributed by atoms with Crippen molar-refractivity contribution >= 4 is 27.3 Å². The summed E-state index contributed by atoms with van der Waals surface area (Å²) in [6.07, 6.45) is 0. The number of aromatic hydroxyl groups is 1. The normalized spacial score (nSPS) is 11.1. The molecule has 6 nitrogen and oxygen atoms in total. The van der Waals surface area contributed by atoms with Crippen molar-refractivity contribution in [3.05, 3.63) is 83.2 Å². The number of halogens is 1. The SMILES string of the molecule is Cc1ccc(NC(=O)c2cc(S(=O)(=O)Nc3ccc(F)cc3)ccc2C)c(O)c1. The number of anilines is 2. The van der Waals surface area contributed by atoms with Crippen LogP contribution in [-0.2, 0) is 10.0 Å². The van der Waals surface area contributed by atoms with Gasteiger partial charge in [0.1, 0.15) is 11.6 Å². The van der Waals surface area contributed by atoms with E-state index in [4.69, 9.17) is 0 Å². The number of carbonyl (C=O) groups excluding carboxylic acids is 1. The molecular formula is C21H19FN2O4S. The molecule has 0 bridgehead atoms. The van der Waals surface area contributed by atoms with E-state index in [0.29, 0.717) is 5.56 Å². The molecule has 0 saturated heterocycles. The number of phenolic OH excluding ortho intramolecular Hbond substituents is 1. The zero-order chi connectivity index (χ0) is 21.2. The molecule has 1 amide bonds. The van der Waals surface area contributed by atoms with Crippen LogP contribution in [0.3, 0.4) is 0 Å². The summed E-state index contributed by atoms with van der Waals surface area (Å²) in [5.41, 5.74) is 1.96. The fourth-order valence-electron chi connectivity index (χ4n) is 2.68. The lowest BCUT2D eigenvalue weighted by Crippen LogP contribution is -2.17. The molecule has 8 heteroatoms. The standard InChI is InChI=1S/C21H19FN2O4S/c1-13-3-10-19(20(25)11-13)23-21(26)18-12-17(9-4-14(18)2)29(27,28)24-16-7-5-15(22)6-8-16/h3-12,24-25H,1-2H3,(H,23,26). The van der Waals surface area contributed by atoms with Gasteiger partial charge in [0.2, 0.25) is 0 Å². The highest BCUT2D eigenvalue weighted by molar-refractivity contribution is 7.92. The summed E-state index contributed by atoms with van der Waals surface area (Å²) in [5, 5.41) is 12.6. The Balaban J connectivity index is 1.88. The summed E-state index contributed by atoms with van der Waals surface area (Å²) >= 11 is 0. The number of aryl methyl sites for hydroxylation is 2. The van der Waals surface area contributed by atoms with Crippen LogP contribution in [0.15, 0.2) is 65.6 Å². The van der Waals surface area contributed by atoms with Crippen molar-refractivity contribution in [3.8, 4) is 5.75 Å². The Morgan fingerprint density at radius 2 is 1.66 bits per heavy atom. The number of benzene rings is 3. The minimum atomic E-state index is -3.99. The summed E-state index contributed by atoms with van der Waals surface area (Å²) in [5.74, 6) is -1.13. The molecule has 0 aliphatic heterocycles. The topological polar surface area (TPSA) is 95.5 Å². The maximum atomic E-state index is 13.0. The third kappa shape index (κ3) is 4.72. The first-order valence-electron chi connectivity index (χ1n) is 8.66. The maximum Gasteiger partial charge on any atom is 0.261 e. The van der Waals surface area contributed by atoms with Crippen LogP contribution < -0.4 is 10.0 Å². The second-order valence-electron chi connectivity index (χ2n) is 6.56. The van der Waals surface area contributed by atoms with E-state index in [2.05, 4.69) is 10.0 Å². The molecule has 0 saturated carbocycles. The molecule has 3 aromatic rings. The average molecular weight is 414 g/mol. The van der Waals surface area contributed by atoms with Gasteiger partial charge in [-0.15, -0.1) is 0 Å². The lowest BCUT2D eigenvalue weighted by atomic mass is 10.1. The van der Waals surface area contributed by atoms with Crippen molar-refractivity contribution in [2.24, 2.45) is 0 Å². The molecular weight excluding hydrogens is 395 g/mol. The van der Waals surface area contributed by atoms with E-state index in [1.807, 2.05) is 0 Å². The number of nitrogens with one attached hydrogen (secondary N) is 2. The fourth-order valence-corrected chi connectivity index (χ4v) is 3.77. The summed E-state index contributed by atoms with van der Waals surface area (Å²) in [6, 6.07) is 13.8. The first kappa shape index (κ1) is 20.3. The van der Waals surface area contributed by atoms with Gasteiger partial charge < -0.3 is 10.4 Å². The van der Waals surface area contributed by atoms with Gasteiger partial charge in [-0.05, 0) is 73.5 Å². The summed E-state index contributed by atoms with van der Waals surface area (Å²) < 4.78 is 40.7. The molecule has 0 aliphatic rings. The molecule has 0 heterocycles. The lowest BCUT2D eigenvalue weighted by Gasteiger charge is -2.12. The van der Waals surface area contributed by atoms with Gasteiger partial charge >= 0.3 is 0 Å². The van der Waals surface area contributed by atoms with E-state index in [1.54, 1.807) is 26.0 Å². The average Bonchev–Trinajstić information content (AvgIpc) is 2.66. The molecule has 29 heavy (non-hydrogen) atoms. The third-order valence-corrected chi connectivity index (χ3v) is 5.64. The second-order valence-corrected chi connectivity index (χ2v) is 8.25. The predicted octanol–water partition coefficient (Wildman–Crippen LogP) is 4.20. The van der Waals surface area contributed by atoms with Crippen molar-refractivity contribution in [1.29, 1.82) is 0 Å². The zero-order valence-corrected chi connectivity index (χ0v) is 16.5. The highest BCUT2D eigenvalue weighted by Crippen LogP contribution is 2.26. The Morgan fingerprint density at radius 1 is 0.966 bits per heavy atom. The Labute approximate surface area is 168 Å². The molecule has 0 aliphatic carbocycles. The third-order valence-electron chi connectivity index (χ3n) is 4.26. The van der Waals surface area contributed by atoms with Gasteiger partial charge in [-0.3, -0.25) is 9.52 Å². The smallest absolute Gasteiger partial charge is 0.261 e. The van der Waals surface area contributed by atoms with Crippen molar-refractivity contribution in [2.45, 2.75) is 18.7 Å². The summed E-state index contributed by atoms with van der Waals surface area (Å²) in [4.78, 5) is 12.5. The van der Waals surface area contributed by atoms with Crippen molar-refractivity contribution in [3.63, 3.8) is 0 Å². The Kier molecular flexibility index (Phi) is 5.56. The molecule has 0 radical (unpaired) electrons. The van der Waals surface area contributed by atoms with Crippen LogP contribution in [0.25, 0.3) is 0 Å². The molecule has 0 unspecified atom stereocenters. The van der Waals surface area contributed by atoms with Gasteiger partial charge in [0.25, 0.3) is 15.9 Å². The number of hydrogen-bond acceptors (Lipinski definition) is 4. The number of rotatable bonds is 5. The first-order valence-corrected chi connectivity index (χ1v) is 10.1. The largest absolute Gasteiger partial charge is 0.506 e. The van der Waals surface area contributed by atoms with Gasteiger partial charge in [-0.2, -0.15) is 0 Å². The van der Waals surface area contributed by atoms with Crippen LogP contribution in [0.2, 0.25) is 0 Å². The molecule has 0 aromatic heterocycles. The van der Waals surface area contributed by atoms with Crippen LogP contribution in [-0.4, -0.2) is 19.4 Å². The number of phenols is 1. The van der Waals surface area contributed by atoms with E-state index in [9.17, 15) is 22.7 Å². The van der Waals surface area contributed by atoms with Gasteiger partial charge in [0.15, 0.2) is 0 Å². The molecule has 3 aromatic carbocycles. The molecule has 3 rings (SSSR count). The van der Waals surface area contributed by atoms with E-state index in [1.165, 1.54) is 36.4 Å². The van der Waals surface area contributed by atoms with Crippen LogP contribution in [0.5, 0.6) is 5.75 Å².